The van der Waals surface area contributed by atoms with Crippen molar-refractivity contribution in [3.05, 3.63) is 0 Å². The zero-order valence-electron chi connectivity index (χ0n) is 7.14. The van der Waals surface area contributed by atoms with Crippen LogP contribution in [0.1, 0.15) is 19.3 Å². The summed E-state index contributed by atoms with van der Waals surface area (Å²) in [5.41, 5.74) is 9.96. The van der Waals surface area contributed by atoms with E-state index in [-0.39, 0.29) is 12.8 Å². The average Bonchev–Trinajstić information content (AvgIpc) is 2.02. The molecule has 0 spiro atoms. The Bertz CT molecular complexity index is 195. The van der Waals surface area contributed by atoms with Crippen molar-refractivity contribution in [2.45, 2.75) is 31.4 Å². The quantitative estimate of drug-likeness (QED) is 0.402. The van der Waals surface area contributed by atoms with Gasteiger partial charge in [0.2, 0.25) is 5.91 Å². The van der Waals surface area contributed by atoms with E-state index in [1.165, 1.54) is 0 Å². The standard InChI is InChI=1S/C7H14N2O4/c8-5(11)3-1-2-4(10)6(9)7(12)13/h4,6,10H,1-3,9H2,(H2,8,11)(H,12,13). The van der Waals surface area contributed by atoms with Crippen LogP contribution in [0, 0.1) is 0 Å². The van der Waals surface area contributed by atoms with Crippen LogP contribution in [0.2, 0.25) is 0 Å². The van der Waals surface area contributed by atoms with E-state index in [9.17, 15) is 9.59 Å². The molecule has 0 saturated carbocycles. The highest BCUT2D eigenvalue weighted by Crippen LogP contribution is 2.03. The maximum atomic E-state index is 10.3. The van der Waals surface area contributed by atoms with E-state index < -0.39 is 24.0 Å². The lowest BCUT2D eigenvalue weighted by Gasteiger charge is -2.13. The highest BCUT2D eigenvalue weighted by atomic mass is 16.4. The zero-order chi connectivity index (χ0) is 10.4. The number of rotatable bonds is 6. The van der Waals surface area contributed by atoms with Crippen LogP contribution in [0.5, 0.6) is 0 Å². The Morgan fingerprint density at radius 2 is 1.92 bits per heavy atom. The third kappa shape index (κ3) is 5.15. The number of aliphatic hydroxyl groups is 1. The molecule has 1 amide bonds. The highest BCUT2D eigenvalue weighted by molar-refractivity contribution is 5.74. The van der Waals surface area contributed by atoms with Gasteiger partial charge in [0.25, 0.3) is 0 Å². The first-order valence-electron chi connectivity index (χ1n) is 3.90. The minimum atomic E-state index is -1.30. The molecular formula is C7H14N2O4. The molecule has 0 aliphatic heterocycles. The first-order chi connectivity index (χ1) is 5.95. The van der Waals surface area contributed by atoms with Crippen LogP contribution in [-0.4, -0.2) is 34.2 Å². The maximum Gasteiger partial charge on any atom is 0.323 e. The number of hydrogen-bond donors (Lipinski definition) is 4. The first kappa shape index (κ1) is 11.9. The number of aliphatic carboxylic acids is 1. The lowest BCUT2D eigenvalue weighted by molar-refractivity contribution is -0.141. The molecule has 0 aromatic rings. The molecule has 6 nitrogen and oxygen atoms in total. The van der Waals surface area contributed by atoms with E-state index in [4.69, 9.17) is 21.7 Å². The number of hydrogen-bond acceptors (Lipinski definition) is 4. The monoisotopic (exact) mass is 190 g/mol. The summed E-state index contributed by atoms with van der Waals surface area (Å²) in [6, 6.07) is -1.30. The van der Waals surface area contributed by atoms with E-state index in [0.29, 0.717) is 6.42 Å². The van der Waals surface area contributed by atoms with E-state index in [0.717, 1.165) is 0 Å². The van der Waals surface area contributed by atoms with Crippen LogP contribution >= 0.6 is 0 Å². The molecule has 13 heavy (non-hydrogen) atoms. The Kier molecular flexibility index (Phi) is 5.01. The summed E-state index contributed by atoms with van der Waals surface area (Å²) in [6.45, 7) is 0. The van der Waals surface area contributed by atoms with Gasteiger partial charge in [-0.1, -0.05) is 0 Å². The topological polar surface area (TPSA) is 127 Å². The number of primary amides is 1. The van der Waals surface area contributed by atoms with Crippen molar-refractivity contribution in [1.29, 1.82) is 0 Å². The molecule has 2 unspecified atom stereocenters. The lowest BCUT2D eigenvalue weighted by Crippen LogP contribution is -2.41. The molecule has 0 fully saturated rings. The number of nitrogens with two attached hydrogens (primary N) is 2. The van der Waals surface area contributed by atoms with Crippen LogP contribution in [0.3, 0.4) is 0 Å². The van der Waals surface area contributed by atoms with Gasteiger partial charge in [-0.25, -0.2) is 0 Å². The number of carboxylic acid groups (broad SMARTS) is 1. The number of aliphatic hydroxyl groups excluding tert-OH is 1. The molecule has 0 aromatic carbocycles. The van der Waals surface area contributed by atoms with E-state index >= 15 is 0 Å². The van der Waals surface area contributed by atoms with Crippen molar-refractivity contribution >= 4 is 11.9 Å². The minimum Gasteiger partial charge on any atom is -0.480 e. The Balaban J connectivity index is 3.67. The molecule has 0 bridgehead atoms. The second kappa shape index (κ2) is 5.50. The summed E-state index contributed by atoms with van der Waals surface area (Å²) in [6.07, 6.45) is -0.492. The summed E-state index contributed by atoms with van der Waals surface area (Å²) in [7, 11) is 0. The molecular weight excluding hydrogens is 176 g/mol. The fourth-order valence-corrected chi connectivity index (χ4v) is 0.830. The van der Waals surface area contributed by atoms with Gasteiger partial charge in [-0.15, -0.1) is 0 Å². The SMILES string of the molecule is NC(=O)CCCC(O)C(N)C(=O)O. The van der Waals surface area contributed by atoms with Gasteiger partial charge in [0.15, 0.2) is 0 Å². The van der Waals surface area contributed by atoms with Crippen molar-refractivity contribution in [3.8, 4) is 0 Å². The Morgan fingerprint density at radius 3 is 2.31 bits per heavy atom. The number of amides is 1. The fourth-order valence-electron chi connectivity index (χ4n) is 0.830. The average molecular weight is 190 g/mol. The summed E-state index contributed by atoms with van der Waals surface area (Å²) >= 11 is 0. The lowest BCUT2D eigenvalue weighted by atomic mass is 10.1. The first-order valence-corrected chi connectivity index (χ1v) is 3.90. The third-order valence-electron chi connectivity index (χ3n) is 1.62. The van der Waals surface area contributed by atoms with Gasteiger partial charge in [-0.3, -0.25) is 9.59 Å². The maximum absolute atomic E-state index is 10.3. The number of carbonyl (C=O) groups is 2. The van der Waals surface area contributed by atoms with Crippen LogP contribution in [0.4, 0.5) is 0 Å². The smallest absolute Gasteiger partial charge is 0.323 e. The largest absolute Gasteiger partial charge is 0.480 e. The molecule has 2 atom stereocenters. The molecule has 0 aromatic heterocycles. The number of carboxylic acids is 1. The third-order valence-corrected chi connectivity index (χ3v) is 1.62. The highest BCUT2D eigenvalue weighted by Gasteiger charge is 2.21. The second-order valence-corrected chi connectivity index (χ2v) is 2.79. The van der Waals surface area contributed by atoms with Crippen molar-refractivity contribution in [1.82, 2.24) is 0 Å². The summed E-state index contributed by atoms with van der Waals surface area (Å²) < 4.78 is 0. The van der Waals surface area contributed by atoms with E-state index in [1.807, 2.05) is 0 Å². The predicted molar refractivity (Wildman–Crippen MR) is 44.7 cm³/mol. The van der Waals surface area contributed by atoms with Crippen LogP contribution in [-0.2, 0) is 9.59 Å². The molecule has 76 valence electrons. The zero-order valence-corrected chi connectivity index (χ0v) is 7.14. The molecule has 0 saturated heterocycles. The van der Waals surface area contributed by atoms with E-state index in [2.05, 4.69) is 0 Å². The van der Waals surface area contributed by atoms with Gasteiger partial charge in [-0.2, -0.15) is 0 Å². The molecule has 0 aliphatic carbocycles. The van der Waals surface area contributed by atoms with Gasteiger partial charge < -0.3 is 21.7 Å². The van der Waals surface area contributed by atoms with Crippen molar-refractivity contribution in [3.63, 3.8) is 0 Å². The fraction of sp³-hybridized carbons (Fsp3) is 0.714. The molecule has 0 radical (unpaired) electrons. The number of carbonyl (C=O) groups excluding carboxylic acids is 1. The van der Waals surface area contributed by atoms with Crippen LogP contribution in [0.25, 0.3) is 0 Å². The normalized spacial score (nSPS) is 14.9. The van der Waals surface area contributed by atoms with E-state index in [1.54, 1.807) is 0 Å². The van der Waals surface area contributed by atoms with Crippen LogP contribution < -0.4 is 11.5 Å². The molecule has 6 N–H and O–H groups in total. The summed E-state index contributed by atoms with van der Waals surface area (Å²) in [5.74, 6) is -1.73. The van der Waals surface area contributed by atoms with Gasteiger partial charge in [0, 0.05) is 6.42 Å². The van der Waals surface area contributed by atoms with Crippen molar-refractivity contribution in [2.24, 2.45) is 11.5 Å². The molecule has 0 rings (SSSR count). The molecule has 6 heteroatoms. The molecule has 0 aliphatic rings. The Labute approximate surface area is 75.5 Å². The predicted octanol–water partition coefficient (Wildman–Crippen LogP) is -1.59. The van der Waals surface area contributed by atoms with Crippen molar-refractivity contribution < 1.29 is 19.8 Å². The summed E-state index contributed by atoms with van der Waals surface area (Å²) in [4.78, 5) is 20.5. The van der Waals surface area contributed by atoms with Crippen molar-refractivity contribution in [2.75, 3.05) is 0 Å². The van der Waals surface area contributed by atoms with Gasteiger partial charge in [-0.05, 0) is 12.8 Å². The minimum absolute atomic E-state index is 0.128. The van der Waals surface area contributed by atoms with Gasteiger partial charge >= 0.3 is 5.97 Å². The molecule has 0 heterocycles. The van der Waals surface area contributed by atoms with Gasteiger partial charge in [0.1, 0.15) is 6.04 Å². The van der Waals surface area contributed by atoms with Gasteiger partial charge in [0.05, 0.1) is 6.10 Å². The Hall–Kier alpha value is -1.14. The Morgan fingerprint density at radius 1 is 1.38 bits per heavy atom. The van der Waals surface area contributed by atoms with Crippen LogP contribution in [0.15, 0.2) is 0 Å². The second-order valence-electron chi connectivity index (χ2n) is 2.79. The summed E-state index contributed by atoms with van der Waals surface area (Å²) in [5, 5.41) is 17.5.